The molecule has 0 radical (unpaired) electrons. The molecule has 2 N–H and O–H groups in total. The number of halogens is 2. The molecule has 0 amide bonds. The highest BCUT2D eigenvalue weighted by atomic mass is 35.5. The third kappa shape index (κ3) is 3.52. The quantitative estimate of drug-likeness (QED) is 0.842. The molecular weight excluding hydrogens is 305 g/mol. The van der Waals surface area contributed by atoms with Gasteiger partial charge < -0.3 is 10.5 Å². The van der Waals surface area contributed by atoms with Gasteiger partial charge in [0.05, 0.1) is 18.2 Å². The van der Waals surface area contributed by atoms with E-state index >= 15 is 0 Å². The molecule has 0 aliphatic carbocycles. The molecule has 0 aliphatic heterocycles. The number of rotatable bonds is 4. The lowest BCUT2D eigenvalue weighted by atomic mass is 9.96. The van der Waals surface area contributed by atoms with Crippen molar-refractivity contribution in [3.63, 3.8) is 0 Å². The Morgan fingerprint density at radius 2 is 1.52 bits per heavy atom. The predicted molar refractivity (Wildman–Crippen MR) is 89.6 cm³/mol. The molecule has 0 spiro atoms. The molecule has 0 saturated heterocycles. The molecule has 1 atom stereocenters. The number of benzene rings is 2. The van der Waals surface area contributed by atoms with Crippen molar-refractivity contribution in [2.24, 2.45) is 5.73 Å². The van der Waals surface area contributed by atoms with Crippen LogP contribution in [0.25, 0.3) is 0 Å². The van der Waals surface area contributed by atoms with E-state index in [-0.39, 0.29) is 6.04 Å². The van der Waals surface area contributed by atoms with Crippen molar-refractivity contribution in [2.45, 2.75) is 25.8 Å². The third-order valence-corrected chi connectivity index (χ3v) is 4.19. The van der Waals surface area contributed by atoms with E-state index in [2.05, 4.69) is 26.0 Å². The summed E-state index contributed by atoms with van der Waals surface area (Å²) in [5.41, 5.74) is 9.40. The standard InChI is InChI=1S/C17H19Cl2NO/c1-10(2)11-4-6-12(7-5-11)17(20)13-8-15(19)16(21-3)9-14(13)18/h4-10,17H,20H2,1-3H3. The van der Waals surface area contributed by atoms with Crippen molar-refractivity contribution in [2.75, 3.05) is 7.11 Å². The highest BCUT2D eigenvalue weighted by Crippen LogP contribution is 2.35. The number of methoxy groups -OCH3 is 1. The molecule has 2 rings (SSSR count). The molecule has 21 heavy (non-hydrogen) atoms. The summed E-state index contributed by atoms with van der Waals surface area (Å²) in [4.78, 5) is 0. The van der Waals surface area contributed by atoms with Gasteiger partial charge in [-0.1, -0.05) is 61.3 Å². The van der Waals surface area contributed by atoms with Gasteiger partial charge in [-0.25, -0.2) is 0 Å². The highest BCUT2D eigenvalue weighted by molar-refractivity contribution is 6.34. The van der Waals surface area contributed by atoms with E-state index < -0.39 is 0 Å². The van der Waals surface area contributed by atoms with Crippen molar-refractivity contribution < 1.29 is 4.74 Å². The van der Waals surface area contributed by atoms with Gasteiger partial charge in [0.25, 0.3) is 0 Å². The van der Waals surface area contributed by atoms with Gasteiger partial charge in [-0.05, 0) is 28.7 Å². The molecule has 0 aliphatic rings. The molecule has 0 aromatic heterocycles. The van der Waals surface area contributed by atoms with Crippen molar-refractivity contribution in [3.05, 3.63) is 63.1 Å². The second kappa shape index (κ2) is 6.69. The van der Waals surface area contributed by atoms with Crippen molar-refractivity contribution in [1.29, 1.82) is 0 Å². The van der Waals surface area contributed by atoms with E-state index in [1.54, 1.807) is 19.2 Å². The lowest BCUT2D eigenvalue weighted by Crippen LogP contribution is -2.12. The number of nitrogens with two attached hydrogens (primary N) is 1. The molecule has 1 unspecified atom stereocenters. The fraction of sp³-hybridized carbons (Fsp3) is 0.294. The van der Waals surface area contributed by atoms with Crippen LogP contribution in [0.4, 0.5) is 0 Å². The zero-order chi connectivity index (χ0) is 15.6. The lowest BCUT2D eigenvalue weighted by molar-refractivity contribution is 0.415. The largest absolute Gasteiger partial charge is 0.495 e. The summed E-state index contributed by atoms with van der Waals surface area (Å²) in [5.74, 6) is 1.04. The van der Waals surface area contributed by atoms with Gasteiger partial charge in [-0.15, -0.1) is 0 Å². The molecule has 0 heterocycles. The first-order chi connectivity index (χ1) is 9.93. The van der Waals surface area contributed by atoms with Gasteiger partial charge in [0, 0.05) is 11.1 Å². The topological polar surface area (TPSA) is 35.2 Å². The van der Waals surface area contributed by atoms with Gasteiger partial charge in [0.1, 0.15) is 5.75 Å². The first kappa shape index (κ1) is 16.2. The Hall–Kier alpha value is -1.22. The van der Waals surface area contributed by atoms with Crippen LogP contribution < -0.4 is 10.5 Å². The van der Waals surface area contributed by atoms with Crippen LogP contribution in [0.5, 0.6) is 5.75 Å². The summed E-state index contributed by atoms with van der Waals surface area (Å²) >= 11 is 12.4. The zero-order valence-electron chi connectivity index (χ0n) is 12.4. The predicted octanol–water partition coefficient (Wildman–Crippen LogP) is 5.17. The lowest BCUT2D eigenvalue weighted by Gasteiger charge is -2.17. The monoisotopic (exact) mass is 323 g/mol. The van der Waals surface area contributed by atoms with Gasteiger partial charge in [0.15, 0.2) is 0 Å². The van der Waals surface area contributed by atoms with Gasteiger partial charge >= 0.3 is 0 Å². The summed E-state index contributed by atoms with van der Waals surface area (Å²) in [5, 5.41) is 1.06. The number of hydrogen-bond donors (Lipinski definition) is 1. The Morgan fingerprint density at radius 1 is 0.952 bits per heavy atom. The molecule has 0 bridgehead atoms. The molecule has 4 heteroatoms. The molecule has 112 valence electrons. The Kier molecular flexibility index (Phi) is 5.15. The summed E-state index contributed by atoms with van der Waals surface area (Å²) in [6.07, 6.45) is 0. The summed E-state index contributed by atoms with van der Waals surface area (Å²) < 4.78 is 5.15. The van der Waals surface area contributed by atoms with Crippen LogP contribution in [0.15, 0.2) is 36.4 Å². The smallest absolute Gasteiger partial charge is 0.138 e. The first-order valence-corrected chi connectivity index (χ1v) is 7.58. The maximum Gasteiger partial charge on any atom is 0.138 e. The second-order valence-electron chi connectivity index (χ2n) is 5.31. The van der Waals surface area contributed by atoms with Crippen molar-refractivity contribution in [1.82, 2.24) is 0 Å². The van der Waals surface area contributed by atoms with Crippen LogP contribution in [0.3, 0.4) is 0 Å². The van der Waals surface area contributed by atoms with E-state index in [4.69, 9.17) is 33.7 Å². The summed E-state index contributed by atoms with van der Waals surface area (Å²) in [6.45, 7) is 4.32. The van der Waals surface area contributed by atoms with Crippen LogP contribution >= 0.6 is 23.2 Å². The minimum atomic E-state index is -0.317. The fourth-order valence-electron chi connectivity index (χ4n) is 2.21. The van der Waals surface area contributed by atoms with Crippen LogP contribution in [-0.4, -0.2) is 7.11 Å². The maximum absolute atomic E-state index is 6.32. The number of hydrogen-bond acceptors (Lipinski definition) is 2. The average molecular weight is 324 g/mol. The van der Waals surface area contributed by atoms with Crippen LogP contribution in [0, 0.1) is 0 Å². The van der Waals surface area contributed by atoms with E-state index in [0.29, 0.717) is 21.7 Å². The Bertz CT molecular complexity index is 623. The second-order valence-corrected chi connectivity index (χ2v) is 6.12. The third-order valence-electron chi connectivity index (χ3n) is 3.57. The molecule has 0 saturated carbocycles. The minimum absolute atomic E-state index is 0.317. The molecule has 2 aromatic rings. The Morgan fingerprint density at radius 3 is 2.05 bits per heavy atom. The summed E-state index contributed by atoms with van der Waals surface area (Å²) in [6, 6.07) is 11.4. The minimum Gasteiger partial charge on any atom is -0.495 e. The normalized spacial score (nSPS) is 12.5. The zero-order valence-corrected chi connectivity index (χ0v) is 13.9. The Balaban J connectivity index is 2.35. The van der Waals surface area contributed by atoms with Crippen LogP contribution in [-0.2, 0) is 0 Å². The molecule has 2 aromatic carbocycles. The molecule has 0 fully saturated rings. The molecule has 2 nitrogen and oxygen atoms in total. The van der Waals surface area contributed by atoms with Crippen LogP contribution in [0.1, 0.15) is 42.5 Å². The van der Waals surface area contributed by atoms with Gasteiger partial charge in [-0.2, -0.15) is 0 Å². The highest BCUT2D eigenvalue weighted by Gasteiger charge is 2.16. The average Bonchev–Trinajstić information content (AvgIpc) is 2.48. The summed E-state index contributed by atoms with van der Waals surface area (Å²) in [7, 11) is 1.56. The molecular formula is C17H19Cl2NO. The van der Waals surface area contributed by atoms with Crippen molar-refractivity contribution in [3.8, 4) is 5.75 Å². The van der Waals surface area contributed by atoms with Gasteiger partial charge in [-0.3, -0.25) is 0 Å². The number of ether oxygens (including phenoxy) is 1. The van der Waals surface area contributed by atoms with E-state index in [1.807, 2.05) is 12.1 Å². The SMILES string of the molecule is COc1cc(Cl)c(C(N)c2ccc(C(C)C)cc2)cc1Cl. The van der Waals surface area contributed by atoms with E-state index in [1.165, 1.54) is 5.56 Å². The van der Waals surface area contributed by atoms with E-state index in [9.17, 15) is 0 Å². The Labute approximate surface area is 135 Å². The maximum atomic E-state index is 6.32. The van der Waals surface area contributed by atoms with Crippen LogP contribution in [0.2, 0.25) is 10.0 Å². The van der Waals surface area contributed by atoms with E-state index in [0.717, 1.165) is 11.1 Å². The van der Waals surface area contributed by atoms with Gasteiger partial charge in [0.2, 0.25) is 0 Å². The van der Waals surface area contributed by atoms with Crippen molar-refractivity contribution >= 4 is 23.2 Å². The fourth-order valence-corrected chi connectivity index (χ4v) is 2.73. The first-order valence-electron chi connectivity index (χ1n) is 6.82.